The summed E-state index contributed by atoms with van der Waals surface area (Å²) in [6, 6.07) is -0.301. The first-order chi connectivity index (χ1) is 9.09. The van der Waals surface area contributed by atoms with E-state index >= 15 is 0 Å². The first kappa shape index (κ1) is 12.3. The van der Waals surface area contributed by atoms with Gasteiger partial charge in [-0.15, -0.1) is 0 Å². The molecule has 0 bridgehead atoms. The molecule has 1 fully saturated rings. The Hall–Kier alpha value is -1.70. The Morgan fingerprint density at radius 1 is 1.53 bits per heavy atom. The van der Waals surface area contributed by atoms with Crippen LogP contribution in [-0.4, -0.2) is 38.2 Å². The van der Waals surface area contributed by atoms with Gasteiger partial charge in [0.25, 0.3) is 0 Å². The average Bonchev–Trinajstić information content (AvgIpc) is 2.96. The van der Waals surface area contributed by atoms with Crippen molar-refractivity contribution in [2.24, 2.45) is 12.8 Å². The molecule has 1 saturated heterocycles. The molecule has 0 unspecified atom stereocenters. The van der Waals surface area contributed by atoms with Crippen molar-refractivity contribution in [3.8, 4) is 0 Å². The van der Waals surface area contributed by atoms with Crippen LogP contribution in [0.1, 0.15) is 12.8 Å². The van der Waals surface area contributed by atoms with E-state index in [1.165, 1.54) is 6.33 Å². The molecule has 0 aliphatic carbocycles. The van der Waals surface area contributed by atoms with Gasteiger partial charge in [0.1, 0.15) is 22.8 Å². The normalized spacial score (nSPS) is 19.3. The topological polar surface area (TPSA) is 89.9 Å². The number of carbonyl (C=O) groups excluding carboxylic acids is 1. The van der Waals surface area contributed by atoms with Crippen LogP contribution in [-0.2, 0) is 11.8 Å². The lowest BCUT2D eigenvalue weighted by molar-refractivity contribution is -0.119. The minimum Gasteiger partial charge on any atom is -0.368 e. The second kappa shape index (κ2) is 4.44. The van der Waals surface area contributed by atoms with Crippen molar-refractivity contribution >= 4 is 38.7 Å². The predicted molar refractivity (Wildman–Crippen MR) is 73.6 cm³/mol. The van der Waals surface area contributed by atoms with E-state index in [4.69, 9.17) is 5.73 Å². The lowest BCUT2D eigenvalue weighted by Gasteiger charge is -2.23. The summed E-state index contributed by atoms with van der Waals surface area (Å²) < 4.78 is 2.36. The summed E-state index contributed by atoms with van der Waals surface area (Å²) in [5, 5.41) is 5.10. The number of halogens is 1. The van der Waals surface area contributed by atoms with Gasteiger partial charge in [0.05, 0.1) is 5.39 Å². The Balaban J connectivity index is 2.17. The number of fused-ring (bicyclic) bond motifs is 1. The van der Waals surface area contributed by atoms with Crippen molar-refractivity contribution in [3.63, 3.8) is 0 Å². The van der Waals surface area contributed by atoms with Crippen molar-refractivity contribution in [2.45, 2.75) is 18.9 Å². The van der Waals surface area contributed by atoms with Crippen molar-refractivity contribution in [1.82, 2.24) is 19.7 Å². The SMILES string of the molecule is Cn1nc(Br)c2c(N3CCC[C@@H]3C(N)=O)ncnc21. The summed E-state index contributed by atoms with van der Waals surface area (Å²) in [6.45, 7) is 0.765. The first-order valence-corrected chi connectivity index (χ1v) is 6.78. The summed E-state index contributed by atoms with van der Waals surface area (Å²) in [4.78, 5) is 22.0. The fourth-order valence-corrected chi connectivity index (χ4v) is 3.15. The second-order valence-corrected chi connectivity index (χ2v) is 5.32. The Morgan fingerprint density at radius 3 is 3.05 bits per heavy atom. The Kier molecular flexibility index (Phi) is 2.89. The molecule has 19 heavy (non-hydrogen) atoms. The summed E-state index contributed by atoms with van der Waals surface area (Å²) in [7, 11) is 1.82. The molecule has 0 spiro atoms. The van der Waals surface area contributed by atoms with Gasteiger partial charge >= 0.3 is 0 Å². The Labute approximate surface area is 117 Å². The maximum absolute atomic E-state index is 11.5. The predicted octanol–water partition coefficient (Wildman–Crippen LogP) is 0.580. The van der Waals surface area contributed by atoms with Crippen LogP contribution < -0.4 is 10.6 Å². The molecule has 8 heteroatoms. The molecule has 0 aromatic carbocycles. The van der Waals surface area contributed by atoms with Gasteiger partial charge in [0.2, 0.25) is 5.91 Å². The molecule has 3 heterocycles. The Morgan fingerprint density at radius 2 is 2.32 bits per heavy atom. The maximum atomic E-state index is 11.5. The summed E-state index contributed by atoms with van der Waals surface area (Å²) in [5.41, 5.74) is 6.18. The van der Waals surface area contributed by atoms with Gasteiger partial charge in [-0.25, -0.2) is 14.6 Å². The van der Waals surface area contributed by atoms with E-state index in [1.807, 2.05) is 11.9 Å². The number of rotatable bonds is 2. The van der Waals surface area contributed by atoms with Crippen molar-refractivity contribution in [1.29, 1.82) is 0 Å². The molecule has 0 radical (unpaired) electrons. The van der Waals surface area contributed by atoms with E-state index in [9.17, 15) is 4.79 Å². The zero-order chi connectivity index (χ0) is 13.6. The highest BCUT2D eigenvalue weighted by Crippen LogP contribution is 2.33. The van der Waals surface area contributed by atoms with Gasteiger partial charge < -0.3 is 10.6 Å². The van der Waals surface area contributed by atoms with E-state index < -0.39 is 0 Å². The molecule has 1 aliphatic heterocycles. The number of nitrogens with zero attached hydrogens (tertiary/aromatic N) is 5. The van der Waals surface area contributed by atoms with E-state index in [-0.39, 0.29) is 11.9 Å². The number of carbonyl (C=O) groups is 1. The van der Waals surface area contributed by atoms with Gasteiger partial charge in [-0.1, -0.05) is 0 Å². The number of amides is 1. The van der Waals surface area contributed by atoms with E-state index in [1.54, 1.807) is 4.68 Å². The standard InChI is InChI=1S/C11H13BrN6O/c1-17-10-7(8(12)16-17)11(15-5-14-10)18-4-2-3-6(18)9(13)19/h5-6H,2-4H2,1H3,(H2,13,19)/t6-/m1/s1. The Bertz CT molecular complexity index is 654. The lowest BCUT2D eigenvalue weighted by atomic mass is 10.2. The molecule has 1 amide bonds. The van der Waals surface area contributed by atoms with Gasteiger partial charge in [0, 0.05) is 13.6 Å². The van der Waals surface area contributed by atoms with Crippen molar-refractivity contribution < 1.29 is 4.79 Å². The largest absolute Gasteiger partial charge is 0.368 e. The van der Waals surface area contributed by atoms with Gasteiger partial charge in [0.15, 0.2) is 5.65 Å². The highest BCUT2D eigenvalue weighted by Gasteiger charge is 2.32. The highest BCUT2D eigenvalue weighted by molar-refractivity contribution is 9.10. The molecule has 1 aliphatic rings. The molecule has 3 rings (SSSR count). The molecule has 100 valence electrons. The number of hydrogen-bond donors (Lipinski definition) is 1. The van der Waals surface area contributed by atoms with Crippen molar-refractivity contribution in [2.75, 3.05) is 11.4 Å². The molecule has 2 N–H and O–H groups in total. The van der Waals surface area contributed by atoms with Crippen LogP contribution >= 0.6 is 15.9 Å². The van der Waals surface area contributed by atoms with Crippen LogP contribution in [0.15, 0.2) is 10.9 Å². The quantitative estimate of drug-likeness (QED) is 0.872. The number of nitrogens with two attached hydrogens (primary N) is 1. The molecular weight excluding hydrogens is 312 g/mol. The summed E-state index contributed by atoms with van der Waals surface area (Å²) in [5.74, 6) is 0.399. The minimum absolute atomic E-state index is 0.301. The van der Waals surface area contributed by atoms with E-state index in [0.717, 1.165) is 30.4 Å². The summed E-state index contributed by atoms with van der Waals surface area (Å²) in [6.07, 6.45) is 3.18. The number of anilines is 1. The zero-order valence-electron chi connectivity index (χ0n) is 10.4. The number of primary amides is 1. The first-order valence-electron chi connectivity index (χ1n) is 5.98. The second-order valence-electron chi connectivity index (χ2n) is 4.56. The maximum Gasteiger partial charge on any atom is 0.240 e. The fraction of sp³-hybridized carbons (Fsp3) is 0.455. The smallest absolute Gasteiger partial charge is 0.240 e. The molecule has 0 saturated carbocycles. The van der Waals surface area contributed by atoms with Crippen LogP contribution in [0.25, 0.3) is 11.0 Å². The number of aromatic nitrogens is 4. The molecule has 1 atom stereocenters. The highest BCUT2D eigenvalue weighted by atomic mass is 79.9. The zero-order valence-corrected chi connectivity index (χ0v) is 12.0. The summed E-state index contributed by atoms with van der Waals surface area (Å²) >= 11 is 3.42. The van der Waals surface area contributed by atoms with E-state index in [0.29, 0.717) is 10.4 Å². The third-order valence-electron chi connectivity index (χ3n) is 3.41. The number of aryl methyl sites for hydroxylation is 1. The van der Waals surface area contributed by atoms with Gasteiger partial charge in [-0.05, 0) is 28.8 Å². The average molecular weight is 325 g/mol. The van der Waals surface area contributed by atoms with Crippen LogP contribution in [0.3, 0.4) is 0 Å². The van der Waals surface area contributed by atoms with Gasteiger partial charge in [-0.2, -0.15) is 5.10 Å². The minimum atomic E-state index is -0.315. The lowest BCUT2D eigenvalue weighted by Crippen LogP contribution is -2.40. The third-order valence-corrected chi connectivity index (χ3v) is 3.97. The third kappa shape index (κ3) is 1.86. The van der Waals surface area contributed by atoms with E-state index in [2.05, 4.69) is 31.0 Å². The number of hydrogen-bond acceptors (Lipinski definition) is 5. The molecule has 2 aromatic heterocycles. The van der Waals surface area contributed by atoms with Crippen LogP contribution in [0, 0.1) is 0 Å². The molecule has 7 nitrogen and oxygen atoms in total. The van der Waals surface area contributed by atoms with Crippen LogP contribution in [0.4, 0.5) is 5.82 Å². The monoisotopic (exact) mass is 324 g/mol. The van der Waals surface area contributed by atoms with Crippen LogP contribution in [0.2, 0.25) is 0 Å². The molecular formula is C11H13BrN6O. The van der Waals surface area contributed by atoms with Gasteiger partial charge in [-0.3, -0.25) is 4.79 Å². The van der Waals surface area contributed by atoms with Crippen LogP contribution in [0.5, 0.6) is 0 Å². The molecule has 2 aromatic rings. The fourth-order valence-electron chi connectivity index (χ4n) is 2.56. The van der Waals surface area contributed by atoms with Crippen molar-refractivity contribution in [3.05, 3.63) is 10.9 Å².